The number of aromatic nitrogens is 1. The number of anilines is 1. The van der Waals surface area contributed by atoms with E-state index in [1.54, 1.807) is 34.7 Å². The van der Waals surface area contributed by atoms with E-state index in [1.165, 1.54) is 52.5 Å². The average Bonchev–Trinajstić information content (AvgIpc) is 3.61. The third-order valence-corrected chi connectivity index (χ3v) is 8.56. The summed E-state index contributed by atoms with van der Waals surface area (Å²) in [6, 6.07) is 6.67. The minimum atomic E-state index is -0.756. The molecule has 37 heavy (non-hydrogen) atoms. The molecule has 1 aliphatic rings. The third-order valence-electron chi connectivity index (χ3n) is 5.70. The second-order valence-corrected chi connectivity index (χ2v) is 11.2. The Morgan fingerprint density at radius 2 is 2.16 bits per heavy atom. The molecular weight excluding hydrogens is 531 g/mol. The number of thiophene rings is 1. The first-order valence-corrected chi connectivity index (χ1v) is 13.7. The Labute approximate surface area is 226 Å². The molecule has 0 radical (unpaired) electrons. The Morgan fingerprint density at radius 1 is 1.35 bits per heavy atom. The number of carbonyl (C=O) groups excluding carboxylic acids is 3. The summed E-state index contributed by atoms with van der Waals surface area (Å²) < 4.78 is 6.34. The molecule has 1 atom stereocenters. The van der Waals surface area contributed by atoms with Gasteiger partial charge in [0.1, 0.15) is 11.8 Å². The summed E-state index contributed by atoms with van der Waals surface area (Å²) in [4.78, 5) is 46.0. The Balaban J connectivity index is 1.52. The number of methoxy groups -OCH3 is 1. The van der Waals surface area contributed by atoms with Gasteiger partial charge in [0.05, 0.1) is 41.3 Å². The minimum Gasteiger partial charge on any atom is -0.496 e. The number of carbonyl (C=O) groups is 3. The summed E-state index contributed by atoms with van der Waals surface area (Å²) >= 11 is 4.22. The lowest BCUT2D eigenvalue weighted by atomic mass is 10.1. The van der Waals surface area contributed by atoms with E-state index in [2.05, 4.69) is 22.9 Å². The van der Waals surface area contributed by atoms with E-state index in [0.29, 0.717) is 22.0 Å². The van der Waals surface area contributed by atoms with Crippen molar-refractivity contribution < 1.29 is 19.1 Å². The molecule has 3 aromatic rings. The van der Waals surface area contributed by atoms with E-state index in [-0.39, 0.29) is 37.4 Å². The quantitative estimate of drug-likeness (QED) is 0.434. The zero-order chi connectivity index (χ0) is 26.5. The molecule has 190 valence electrons. The van der Waals surface area contributed by atoms with Gasteiger partial charge in [-0.3, -0.25) is 19.7 Å². The smallest absolute Gasteiger partial charge is 0.258 e. The number of nitrogens with zero attached hydrogens (tertiary/aromatic N) is 4. The Hall–Kier alpha value is -3.66. The molecule has 2 aromatic heterocycles. The van der Waals surface area contributed by atoms with Crippen molar-refractivity contribution in [3.05, 3.63) is 64.5 Å². The largest absolute Gasteiger partial charge is 0.496 e. The SMILES string of the molecule is C=CC(=O)N1CCN(C(=O)c2cc(Sc3cnc(NC(=O)c4ccsc4)s3)c(C)cc2OC)C[C@H]1C#N. The topological polar surface area (TPSA) is 116 Å². The molecule has 9 nitrogen and oxygen atoms in total. The zero-order valence-electron chi connectivity index (χ0n) is 20.1. The van der Waals surface area contributed by atoms with Crippen LogP contribution < -0.4 is 10.1 Å². The number of ether oxygens (including phenoxy) is 1. The van der Waals surface area contributed by atoms with Crippen molar-refractivity contribution in [3.63, 3.8) is 0 Å². The van der Waals surface area contributed by atoms with E-state index in [4.69, 9.17) is 4.74 Å². The van der Waals surface area contributed by atoms with Crippen molar-refractivity contribution in [2.45, 2.75) is 22.1 Å². The van der Waals surface area contributed by atoms with Gasteiger partial charge in [0.2, 0.25) is 5.91 Å². The predicted octanol–water partition coefficient (Wildman–Crippen LogP) is 4.29. The van der Waals surface area contributed by atoms with E-state index in [9.17, 15) is 19.6 Å². The molecule has 0 unspecified atom stereocenters. The molecule has 0 bridgehead atoms. The number of hydrogen-bond donors (Lipinski definition) is 1. The van der Waals surface area contributed by atoms with Crippen LogP contribution in [0.2, 0.25) is 0 Å². The lowest BCUT2D eigenvalue weighted by Gasteiger charge is -2.38. The summed E-state index contributed by atoms with van der Waals surface area (Å²) in [5.41, 5.74) is 1.86. The van der Waals surface area contributed by atoms with Crippen LogP contribution in [0, 0.1) is 18.3 Å². The van der Waals surface area contributed by atoms with Gasteiger partial charge in [0.25, 0.3) is 11.8 Å². The molecule has 1 aliphatic heterocycles. The van der Waals surface area contributed by atoms with Crippen molar-refractivity contribution in [3.8, 4) is 11.8 Å². The summed E-state index contributed by atoms with van der Waals surface area (Å²) in [5.74, 6) is -0.400. The first kappa shape index (κ1) is 26.4. The molecule has 3 amide bonds. The Morgan fingerprint density at radius 3 is 2.84 bits per heavy atom. The van der Waals surface area contributed by atoms with Crippen LogP contribution in [0.25, 0.3) is 0 Å². The van der Waals surface area contributed by atoms with Crippen molar-refractivity contribution in [2.75, 3.05) is 32.1 Å². The van der Waals surface area contributed by atoms with E-state index in [1.807, 2.05) is 12.3 Å². The van der Waals surface area contributed by atoms with Crippen LogP contribution in [0.15, 0.2) is 56.9 Å². The number of aryl methyl sites for hydroxylation is 1. The van der Waals surface area contributed by atoms with Gasteiger partial charge in [0, 0.05) is 23.4 Å². The van der Waals surface area contributed by atoms with Crippen LogP contribution >= 0.6 is 34.4 Å². The molecule has 3 heterocycles. The molecule has 0 saturated carbocycles. The van der Waals surface area contributed by atoms with Crippen LogP contribution in [-0.4, -0.2) is 65.3 Å². The van der Waals surface area contributed by atoms with Crippen molar-refractivity contribution >= 4 is 57.3 Å². The number of benzene rings is 1. The number of amides is 3. The van der Waals surface area contributed by atoms with Crippen molar-refractivity contribution in [2.24, 2.45) is 0 Å². The second-order valence-electron chi connectivity index (χ2n) is 8.00. The van der Waals surface area contributed by atoms with Crippen LogP contribution in [0.3, 0.4) is 0 Å². The highest BCUT2D eigenvalue weighted by atomic mass is 32.2. The molecule has 1 fully saturated rings. The summed E-state index contributed by atoms with van der Waals surface area (Å²) in [7, 11) is 1.50. The predicted molar refractivity (Wildman–Crippen MR) is 143 cm³/mol. The number of nitriles is 1. The number of hydrogen-bond acceptors (Lipinski definition) is 9. The van der Waals surface area contributed by atoms with Gasteiger partial charge in [-0.25, -0.2) is 4.98 Å². The molecule has 1 N–H and O–H groups in total. The van der Waals surface area contributed by atoms with Gasteiger partial charge in [-0.15, -0.1) is 0 Å². The van der Waals surface area contributed by atoms with Gasteiger partial charge in [-0.1, -0.05) is 29.7 Å². The van der Waals surface area contributed by atoms with E-state index < -0.39 is 6.04 Å². The fraction of sp³-hybridized carbons (Fsp3) is 0.240. The minimum absolute atomic E-state index is 0.0937. The number of thiazole rings is 1. The number of piperazine rings is 1. The first-order chi connectivity index (χ1) is 17.8. The van der Waals surface area contributed by atoms with Gasteiger partial charge in [0.15, 0.2) is 5.13 Å². The average molecular weight is 554 g/mol. The standard InChI is InChI=1S/C25H23N5O4S3/c1-4-21(31)30-7-6-29(13-17(30)11-26)24(33)18-10-20(15(2)9-19(18)34-3)36-22-12-27-25(37-22)28-23(32)16-5-8-35-14-16/h4-5,8-10,12,14,17H,1,6-7,13H2,2-3H3,(H,27,28,32)/t17-/m1/s1. The van der Waals surface area contributed by atoms with Gasteiger partial charge in [-0.05, 0) is 42.1 Å². The fourth-order valence-corrected chi connectivity index (χ4v) is 6.35. The highest BCUT2D eigenvalue weighted by molar-refractivity contribution is 8.01. The van der Waals surface area contributed by atoms with Gasteiger partial charge in [-0.2, -0.15) is 16.6 Å². The summed E-state index contributed by atoms with van der Waals surface area (Å²) in [5, 5.41) is 16.5. The maximum absolute atomic E-state index is 13.5. The molecule has 12 heteroatoms. The monoisotopic (exact) mass is 553 g/mol. The molecule has 1 saturated heterocycles. The maximum Gasteiger partial charge on any atom is 0.258 e. The lowest BCUT2D eigenvalue weighted by molar-refractivity contribution is -0.129. The second kappa shape index (κ2) is 11.6. The van der Waals surface area contributed by atoms with E-state index in [0.717, 1.165) is 14.7 Å². The molecule has 4 rings (SSSR count). The van der Waals surface area contributed by atoms with E-state index >= 15 is 0 Å². The van der Waals surface area contributed by atoms with Crippen molar-refractivity contribution in [1.29, 1.82) is 5.26 Å². The van der Waals surface area contributed by atoms with Crippen LogP contribution in [-0.2, 0) is 4.79 Å². The molecule has 1 aromatic carbocycles. The highest BCUT2D eigenvalue weighted by Gasteiger charge is 2.33. The fourth-order valence-electron chi connectivity index (χ4n) is 3.77. The molecule has 0 aliphatic carbocycles. The zero-order valence-corrected chi connectivity index (χ0v) is 22.5. The maximum atomic E-state index is 13.5. The van der Waals surface area contributed by atoms with Crippen molar-refractivity contribution in [1.82, 2.24) is 14.8 Å². The number of nitrogens with one attached hydrogen (secondary N) is 1. The third kappa shape index (κ3) is 5.85. The normalized spacial score (nSPS) is 15.1. The molecular formula is C25H23N5O4S3. The van der Waals surface area contributed by atoms with Crippen LogP contribution in [0.4, 0.5) is 5.13 Å². The van der Waals surface area contributed by atoms with Gasteiger partial charge >= 0.3 is 0 Å². The first-order valence-electron chi connectivity index (χ1n) is 11.1. The summed E-state index contributed by atoms with van der Waals surface area (Å²) in [6.45, 7) is 6.03. The summed E-state index contributed by atoms with van der Waals surface area (Å²) in [6.07, 6.45) is 2.85. The van der Waals surface area contributed by atoms with Gasteiger partial charge < -0.3 is 14.5 Å². The lowest BCUT2D eigenvalue weighted by Crippen LogP contribution is -2.55. The van der Waals surface area contributed by atoms with Crippen LogP contribution in [0.1, 0.15) is 26.3 Å². The number of rotatable bonds is 7. The highest BCUT2D eigenvalue weighted by Crippen LogP contribution is 2.38. The Kier molecular flexibility index (Phi) is 8.27. The van der Waals surface area contributed by atoms with Crippen LogP contribution in [0.5, 0.6) is 5.75 Å². The Bertz CT molecular complexity index is 1380. The molecule has 0 spiro atoms.